The van der Waals surface area contributed by atoms with E-state index in [2.05, 4.69) is 18.2 Å². The summed E-state index contributed by atoms with van der Waals surface area (Å²) < 4.78 is 0. The van der Waals surface area contributed by atoms with E-state index in [1.165, 1.54) is 10.6 Å². The molecule has 4 heteroatoms. The first-order chi connectivity index (χ1) is 11.7. The molecule has 2 aromatic rings. The zero-order valence-corrected chi connectivity index (χ0v) is 13.4. The SMILES string of the molecule is O=C(O)N1C=CC(Cc2ccccc2)=CCN1Cc1ccccc1. The van der Waals surface area contributed by atoms with Crippen molar-refractivity contribution in [3.8, 4) is 0 Å². The molecule has 122 valence electrons. The van der Waals surface area contributed by atoms with Gasteiger partial charge in [-0.15, -0.1) is 0 Å². The Hall–Kier alpha value is -2.85. The second kappa shape index (κ2) is 7.62. The number of rotatable bonds is 4. The molecule has 24 heavy (non-hydrogen) atoms. The van der Waals surface area contributed by atoms with Gasteiger partial charge in [0.05, 0.1) is 0 Å². The molecule has 0 fully saturated rings. The molecule has 1 heterocycles. The van der Waals surface area contributed by atoms with E-state index >= 15 is 0 Å². The van der Waals surface area contributed by atoms with Gasteiger partial charge in [0.1, 0.15) is 0 Å². The molecule has 4 nitrogen and oxygen atoms in total. The molecule has 1 N–H and O–H groups in total. The minimum absolute atomic E-state index is 0.548. The molecule has 1 amide bonds. The smallest absolute Gasteiger partial charge is 0.426 e. The molecule has 1 aliphatic rings. The highest BCUT2D eigenvalue weighted by Crippen LogP contribution is 2.16. The van der Waals surface area contributed by atoms with Gasteiger partial charge in [0.25, 0.3) is 0 Å². The molecule has 0 bridgehead atoms. The molecule has 0 radical (unpaired) electrons. The third-order valence-electron chi connectivity index (χ3n) is 3.95. The average molecular weight is 320 g/mol. The van der Waals surface area contributed by atoms with Crippen LogP contribution in [0.15, 0.2) is 84.6 Å². The monoisotopic (exact) mass is 320 g/mol. The van der Waals surface area contributed by atoms with E-state index in [0.29, 0.717) is 13.1 Å². The molecule has 0 unspecified atom stereocenters. The fourth-order valence-corrected chi connectivity index (χ4v) is 2.72. The highest BCUT2D eigenvalue weighted by molar-refractivity contribution is 5.66. The summed E-state index contributed by atoms with van der Waals surface area (Å²) in [6.45, 7) is 1.10. The Balaban J connectivity index is 1.77. The lowest BCUT2D eigenvalue weighted by atomic mass is 10.0. The van der Waals surface area contributed by atoms with Crippen LogP contribution in [-0.4, -0.2) is 27.8 Å². The van der Waals surface area contributed by atoms with E-state index in [0.717, 1.165) is 17.6 Å². The molecular formula is C20H20N2O2. The summed E-state index contributed by atoms with van der Waals surface area (Å²) in [5, 5.41) is 12.6. The van der Waals surface area contributed by atoms with E-state index < -0.39 is 6.09 Å². The number of nitrogens with zero attached hydrogens (tertiary/aromatic N) is 2. The van der Waals surface area contributed by atoms with Crippen LogP contribution in [0.5, 0.6) is 0 Å². The van der Waals surface area contributed by atoms with E-state index in [9.17, 15) is 9.90 Å². The summed E-state index contributed by atoms with van der Waals surface area (Å²) in [4.78, 5) is 11.6. The van der Waals surface area contributed by atoms with Crippen LogP contribution in [0, 0.1) is 0 Å². The Labute approximate surface area is 141 Å². The second-order valence-electron chi connectivity index (χ2n) is 5.72. The normalized spacial score (nSPS) is 15.0. The highest BCUT2D eigenvalue weighted by Gasteiger charge is 2.20. The average Bonchev–Trinajstić information content (AvgIpc) is 2.79. The summed E-state index contributed by atoms with van der Waals surface area (Å²) >= 11 is 0. The molecule has 0 atom stereocenters. The van der Waals surface area contributed by atoms with Gasteiger partial charge in [-0.1, -0.05) is 66.7 Å². The fraction of sp³-hybridized carbons (Fsp3) is 0.150. The standard InChI is InChI=1S/C20H20N2O2/c23-20(24)22-14-12-18(15-17-7-3-1-4-8-17)11-13-21(22)16-19-9-5-2-6-10-19/h1-12,14H,13,15-16H2,(H,23,24). The van der Waals surface area contributed by atoms with Gasteiger partial charge in [0.2, 0.25) is 0 Å². The summed E-state index contributed by atoms with van der Waals surface area (Å²) in [6, 6.07) is 20.1. The van der Waals surface area contributed by atoms with Crippen LogP contribution in [0.4, 0.5) is 4.79 Å². The van der Waals surface area contributed by atoms with Crippen molar-refractivity contribution in [2.24, 2.45) is 0 Å². The topological polar surface area (TPSA) is 43.8 Å². The molecule has 1 aliphatic heterocycles. The lowest BCUT2D eigenvalue weighted by Gasteiger charge is -2.28. The van der Waals surface area contributed by atoms with E-state index in [-0.39, 0.29) is 0 Å². The van der Waals surface area contributed by atoms with Crippen LogP contribution >= 0.6 is 0 Å². The number of carbonyl (C=O) groups is 1. The lowest BCUT2D eigenvalue weighted by Crippen LogP contribution is -2.41. The van der Waals surface area contributed by atoms with Gasteiger partial charge in [0, 0.05) is 19.3 Å². The first-order valence-corrected chi connectivity index (χ1v) is 7.94. The second-order valence-corrected chi connectivity index (χ2v) is 5.72. The molecule has 2 aromatic carbocycles. The largest absolute Gasteiger partial charge is 0.464 e. The number of hydrogen-bond acceptors (Lipinski definition) is 2. The maximum absolute atomic E-state index is 11.6. The third kappa shape index (κ3) is 4.12. The van der Waals surface area contributed by atoms with Crippen LogP contribution in [0.2, 0.25) is 0 Å². The lowest BCUT2D eigenvalue weighted by molar-refractivity contribution is 0.0319. The molecular weight excluding hydrogens is 300 g/mol. The van der Waals surface area contributed by atoms with Crippen molar-refractivity contribution in [2.75, 3.05) is 6.54 Å². The number of hydrogen-bond donors (Lipinski definition) is 1. The maximum atomic E-state index is 11.6. The van der Waals surface area contributed by atoms with E-state index in [1.54, 1.807) is 6.20 Å². The minimum atomic E-state index is -0.975. The van der Waals surface area contributed by atoms with Gasteiger partial charge in [-0.2, -0.15) is 0 Å². The molecule has 0 aliphatic carbocycles. The van der Waals surface area contributed by atoms with Crippen molar-refractivity contribution in [1.29, 1.82) is 0 Å². The number of benzene rings is 2. The first kappa shape index (κ1) is 16.0. The molecule has 0 spiro atoms. The Morgan fingerprint density at radius 2 is 1.58 bits per heavy atom. The zero-order valence-electron chi connectivity index (χ0n) is 13.4. The number of allylic oxidation sites excluding steroid dienone is 2. The van der Waals surface area contributed by atoms with Gasteiger partial charge < -0.3 is 5.11 Å². The Bertz CT molecular complexity index is 739. The Kier molecular flexibility index (Phi) is 5.08. The van der Waals surface area contributed by atoms with Gasteiger partial charge in [-0.05, 0) is 29.2 Å². The van der Waals surface area contributed by atoms with Gasteiger partial charge >= 0.3 is 6.09 Å². The van der Waals surface area contributed by atoms with Crippen molar-refractivity contribution >= 4 is 6.09 Å². The van der Waals surface area contributed by atoms with E-state index in [4.69, 9.17) is 0 Å². The first-order valence-electron chi connectivity index (χ1n) is 7.94. The quantitative estimate of drug-likeness (QED) is 0.923. The summed E-state index contributed by atoms with van der Waals surface area (Å²) in [6.07, 6.45) is 5.43. The fourth-order valence-electron chi connectivity index (χ4n) is 2.72. The van der Waals surface area contributed by atoms with E-state index in [1.807, 2.05) is 59.6 Å². The molecule has 3 rings (SSSR count). The molecule has 0 aromatic heterocycles. The van der Waals surface area contributed by atoms with Crippen molar-refractivity contribution in [3.05, 3.63) is 95.7 Å². The minimum Gasteiger partial charge on any atom is -0.464 e. The third-order valence-corrected chi connectivity index (χ3v) is 3.95. The summed E-state index contributed by atoms with van der Waals surface area (Å²) in [5.41, 5.74) is 3.41. The van der Waals surface area contributed by atoms with Gasteiger partial charge in [0.15, 0.2) is 0 Å². The van der Waals surface area contributed by atoms with Crippen LogP contribution in [-0.2, 0) is 13.0 Å². The number of hydrazine groups is 1. The van der Waals surface area contributed by atoms with Crippen LogP contribution < -0.4 is 0 Å². The van der Waals surface area contributed by atoms with Crippen LogP contribution in [0.1, 0.15) is 11.1 Å². The summed E-state index contributed by atoms with van der Waals surface area (Å²) in [7, 11) is 0. The van der Waals surface area contributed by atoms with Crippen molar-refractivity contribution in [3.63, 3.8) is 0 Å². The summed E-state index contributed by atoms with van der Waals surface area (Å²) in [5.74, 6) is 0. The van der Waals surface area contributed by atoms with Gasteiger partial charge in [-0.3, -0.25) is 0 Å². The van der Waals surface area contributed by atoms with Crippen LogP contribution in [0.3, 0.4) is 0 Å². The van der Waals surface area contributed by atoms with Gasteiger partial charge in [-0.25, -0.2) is 14.8 Å². The van der Waals surface area contributed by atoms with Crippen molar-refractivity contribution in [2.45, 2.75) is 13.0 Å². The number of amides is 1. The predicted molar refractivity (Wildman–Crippen MR) is 94.1 cm³/mol. The molecule has 0 saturated carbocycles. The van der Waals surface area contributed by atoms with Crippen molar-refractivity contribution in [1.82, 2.24) is 10.0 Å². The maximum Gasteiger partial charge on any atom is 0.426 e. The predicted octanol–water partition coefficient (Wildman–Crippen LogP) is 4.08. The number of carboxylic acid groups (broad SMARTS) is 1. The molecule has 0 saturated heterocycles. The van der Waals surface area contributed by atoms with Crippen LogP contribution in [0.25, 0.3) is 0 Å². The highest BCUT2D eigenvalue weighted by atomic mass is 16.4. The Morgan fingerprint density at radius 3 is 2.21 bits per heavy atom. The Morgan fingerprint density at radius 1 is 0.958 bits per heavy atom. The zero-order chi connectivity index (χ0) is 16.8. The van der Waals surface area contributed by atoms with Crippen molar-refractivity contribution < 1.29 is 9.90 Å².